The lowest BCUT2D eigenvalue weighted by atomic mass is 10.2. The van der Waals surface area contributed by atoms with Gasteiger partial charge in [0.2, 0.25) is 0 Å². The number of carboxylic acid groups (broad SMARTS) is 1. The van der Waals surface area contributed by atoms with Gasteiger partial charge in [0, 0.05) is 17.6 Å². The van der Waals surface area contributed by atoms with Crippen LogP contribution in [0.2, 0.25) is 0 Å². The lowest BCUT2D eigenvalue weighted by molar-refractivity contribution is -0.274. The van der Waals surface area contributed by atoms with Crippen molar-refractivity contribution in [2.75, 3.05) is 0 Å². The molecule has 0 spiro atoms. The molecule has 0 unspecified atom stereocenters. The number of hydrogen-bond acceptors (Lipinski definition) is 3. The van der Waals surface area contributed by atoms with E-state index in [4.69, 9.17) is 5.11 Å². The highest BCUT2D eigenvalue weighted by Crippen LogP contribution is 2.27. The highest BCUT2D eigenvalue weighted by atomic mass is 19.4. The number of alkyl halides is 3. The lowest BCUT2D eigenvalue weighted by Crippen LogP contribution is -2.20. The summed E-state index contributed by atoms with van der Waals surface area (Å²) < 4.78 is 40.6. The number of hydrogen-bond donors (Lipinski definition) is 1. The zero-order chi connectivity index (χ0) is 14.2. The fourth-order valence-corrected chi connectivity index (χ4v) is 1.59. The quantitative estimate of drug-likeness (QED) is 0.809. The Balaban J connectivity index is 2.49. The van der Waals surface area contributed by atoms with Crippen LogP contribution in [0.3, 0.4) is 0 Å². The smallest absolute Gasteiger partial charge is 0.474 e. The minimum atomic E-state index is -4.86. The summed E-state index contributed by atoms with van der Waals surface area (Å²) in [6, 6.07) is 4.73. The summed E-state index contributed by atoms with van der Waals surface area (Å²) in [5.74, 6) is -3.50. The van der Waals surface area contributed by atoms with Gasteiger partial charge in [-0.3, -0.25) is 9.36 Å². The van der Waals surface area contributed by atoms with Crippen LogP contribution in [0.25, 0.3) is 10.9 Å². The molecule has 0 fully saturated rings. The molecule has 0 amide bonds. The minimum Gasteiger partial charge on any atom is -0.474 e. The summed E-state index contributed by atoms with van der Waals surface area (Å²) in [5.41, 5.74) is 0.0224. The van der Waals surface area contributed by atoms with E-state index in [0.717, 1.165) is 16.7 Å². The second-order valence-corrected chi connectivity index (χ2v) is 3.56. The van der Waals surface area contributed by atoms with Crippen molar-refractivity contribution in [1.29, 1.82) is 0 Å². The van der Waals surface area contributed by atoms with Crippen molar-refractivity contribution < 1.29 is 32.6 Å². The third kappa shape index (κ3) is 2.67. The summed E-state index contributed by atoms with van der Waals surface area (Å²) in [7, 11) is 0. The predicted molar refractivity (Wildman–Crippen MR) is 56.9 cm³/mol. The zero-order valence-electron chi connectivity index (χ0n) is 9.14. The van der Waals surface area contributed by atoms with E-state index in [-0.39, 0.29) is 5.52 Å². The van der Waals surface area contributed by atoms with E-state index in [1.165, 1.54) is 18.3 Å². The summed E-state index contributed by atoms with van der Waals surface area (Å²) >= 11 is 0. The van der Waals surface area contributed by atoms with Gasteiger partial charge in [0.05, 0.1) is 5.52 Å². The number of rotatable bonds is 1. The zero-order valence-corrected chi connectivity index (χ0v) is 9.14. The van der Waals surface area contributed by atoms with Crippen LogP contribution in [-0.4, -0.2) is 27.9 Å². The summed E-state index contributed by atoms with van der Waals surface area (Å²) in [4.78, 5) is 21.9. The molecule has 0 radical (unpaired) electrons. The molecule has 0 saturated carbocycles. The number of carboxylic acids is 1. The summed E-state index contributed by atoms with van der Waals surface area (Å²) in [5, 5.41) is 9.01. The van der Waals surface area contributed by atoms with Gasteiger partial charge in [-0.1, -0.05) is 0 Å². The molecule has 2 rings (SSSR count). The SMILES string of the molecule is O=C(O)C(=O)n1ccc2ccc(OC(F)(F)F)cc21. The maximum Gasteiger partial charge on any atom is 0.573 e. The Morgan fingerprint density at radius 1 is 1.21 bits per heavy atom. The molecule has 8 heteroatoms. The first-order chi connectivity index (χ1) is 8.78. The fraction of sp³-hybridized carbons (Fsp3) is 0.0909. The molecule has 0 bridgehead atoms. The van der Waals surface area contributed by atoms with Crippen molar-refractivity contribution in [3.8, 4) is 5.75 Å². The number of ether oxygens (including phenoxy) is 1. The van der Waals surface area contributed by atoms with E-state index >= 15 is 0 Å². The topological polar surface area (TPSA) is 68.5 Å². The van der Waals surface area contributed by atoms with Crippen LogP contribution in [0.1, 0.15) is 4.79 Å². The molecule has 19 heavy (non-hydrogen) atoms. The van der Waals surface area contributed by atoms with E-state index in [0.29, 0.717) is 5.39 Å². The normalized spacial score (nSPS) is 11.5. The van der Waals surface area contributed by atoms with Gasteiger partial charge in [0.1, 0.15) is 5.75 Å². The number of halogens is 3. The molecule has 0 aliphatic heterocycles. The Labute approximate surface area is 103 Å². The molecule has 0 saturated heterocycles. The van der Waals surface area contributed by atoms with Crippen LogP contribution in [0.5, 0.6) is 5.75 Å². The van der Waals surface area contributed by atoms with E-state index in [1.807, 2.05) is 0 Å². The number of fused-ring (bicyclic) bond motifs is 1. The second-order valence-electron chi connectivity index (χ2n) is 3.56. The van der Waals surface area contributed by atoms with Gasteiger partial charge in [-0.05, 0) is 18.2 Å². The van der Waals surface area contributed by atoms with Crippen LogP contribution in [0.15, 0.2) is 30.5 Å². The molecule has 5 nitrogen and oxygen atoms in total. The molecular formula is C11H6F3NO4. The van der Waals surface area contributed by atoms with Gasteiger partial charge in [-0.2, -0.15) is 0 Å². The van der Waals surface area contributed by atoms with Crippen LogP contribution < -0.4 is 4.74 Å². The lowest BCUT2D eigenvalue weighted by Gasteiger charge is -2.09. The second kappa shape index (κ2) is 4.30. The minimum absolute atomic E-state index is 0.0224. The average Bonchev–Trinajstić information content (AvgIpc) is 2.68. The molecular weight excluding hydrogens is 267 g/mol. The summed E-state index contributed by atoms with van der Waals surface area (Å²) in [6.07, 6.45) is -3.69. The fourth-order valence-electron chi connectivity index (χ4n) is 1.59. The number of aliphatic carboxylic acids is 1. The van der Waals surface area contributed by atoms with Crippen LogP contribution >= 0.6 is 0 Å². The largest absolute Gasteiger partial charge is 0.573 e. The maximum absolute atomic E-state index is 12.1. The molecule has 2 aromatic rings. The van der Waals surface area contributed by atoms with E-state index < -0.39 is 24.0 Å². The van der Waals surface area contributed by atoms with Gasteiger partial charge in [-0.25, -0.2) is 4.79 Å². The molecule has 0 aliphatic carbocycles. The van der Waals surface area contributed by atoms with E-state index in [2.05, 4.69) is 4.74 Å². The van der Waals surface area contributed by atoms with Crippen molar-refractivity contribution in [2.24, 2.45) is 0 Å². The molecule has 100 valence electrons. The molecule has 1 heterocycles. The highest BCUT2D eigenvalue weighted by Gasteiger charge is 2.31. The van der Waals surface area contributed by atoms with Crippen molar-refractivity contribution in [2.45, 2.75) is 6.36 Å². The van der Waals surface area contributed by atoms with Crippen LogP contribution in [0, 0.1) is 0 Å². The van der Waals surface area contributed by atoms with Gasteiger partial charge in [0.15, 0.2) is 0 Å². The number of carbonyl (C=O) groups is 2. The number of aromatic nitrogens is 1. The predicted octanol–water partition coefficient (Wildman–Crippen LogP) is 2.26. The number of carbonyl (C=O) groups excluding carboxylic acids is 1. The third-order valence-corrected chi connectivity index (χ3v) is 2.30. The van der Waals surface area contributed by atoms with Crippen LogP contribution in [0.4, 0.5) is 13.2 Å². The molecule has 1 N–H and O–H groups in total. The monoisotopic (exact) mass is 273 g/mol. The van der Waals surface area contributed by atoms with Gasteiger partial charge >= 0.3 is 18.2 Å². The van der Waals surface area contributed by atoms with E-state index in [1.54, 1.807) is 0 Å². The Kier molecular flexibility index (Phi) is 2.93. The Bertz CT molecular complexity index is 659. The van der Waals surface area contributed by atoms with E-state index in [9.17, 15) is 22.8 Å². The Morgan fingerprint density at radius 2 is 1.89 bits per heavy atom. The summed E-state index contributed by atoms with van der Waals surface area (Å²) in [6.45, 7) is 0. The number of nitrogens with zero attached hydrogens (tertiary/aromatic N) is 1. The standard InChI is InChI=1S/C11H6F3NO4/c12-11(13,14)19-7-2-1-6-3-4-15(8(6)5-7)9(16)10(17)18/h1-5H,(H,17,18). The van der Waals surface area contributed by atoms with Crippen LogP contribution in [-0.2, 0) is 4.79 Å². The molecule has 1 aromatic heterocycles. The molecule has 0 atom stereocenters. The average molecular weight is 273 g/mol. The maximum atomic E-state index is 12.1. The first kappa shape index (κ1) is 12.9. The Hall–Kier alpha value is -2.51. The number of benzene rings is 1. The third-order valence-electron chi connectivity index (χ3n) is 2.30. The van der Waals surface area contributed by atoms with Crippen molar-refractivity contribution in [3.05, 3.63) is 30.5 Å². The van der Waals surface area contributed by atoms with Crippen molar-refractivity contribution in [3.63, 3.8) is 0 Å². The van der Waals surface area contributed by atoms with Crippen molar-refractivity contribution >= 4 is 22.8 Å². The van der Waals surface area contributed by atoms with Gasteiger partial charge < -0.3 is 9.84 Å². The highest BCUT2D eigenvalue weighted by molar-refractivity contribution is 6.33. The Morgan fingerprint density at radius 3 is 2.47 bits per heavy atom. The molecule has 0 aliphatic rings. The molecule has 1 aromatic carbocycles. The van der Waals surface area contributed by atoms with Gasteiger partial charge in [-0.15, -0.1) is 13.2 Å². The first-order valence-corrected chi connectivity index (χ1v) is 4.92. The first-order valence-electron chi connectivity index (χ1n) is 4.92. The van der Waals surface area contributed by atoms with Crippen molar-refractivity contribution in [1.82, 2.24) is 4.57 Å². The van der Waals surface area contributed by atoms with Gasteiger partial charge in [0.25, 0.3) is 0 Å².